The Balaban J connectivity index is 1.76. The summed E-state index contributed by atoms with van der Waals surface area (Å²) in [5.41, 5.74) is 0.906. The number of nitrogens with zero attached hydrogens (tertiary/aromatic N) is 3. The van der Waals surface area contributed by atoms with Gasteiger partial charge >= 0.3 is 0 Å². The molecule has 1 heterocycles. The summed E-state index contributed by atoms with van der Waals surface area (Å²) in [4.78, 5) is 12.5. The summed E-state index contributed by atoms with van der Waals surface area (Å²) in [6.07, 6.45) is 3.15. The summed E-state index contributed by atoms with van der Waals surface area (Å²) in [7, 11) is 0. The van der Waals surface area contributed by atoms with Crippen molar-refractivity contribution in [1.82, 2.24) is 10.2 Å². The van der Waals surface area contributed by atoms with Crippen molar-refractivity contribution in [3.8, 4) is 17.6 Å². The van der Waals surface area contributed by atoms with Gasteiger partial charge in [0.15, 0.2) is 11.5 Å². The number of benzene rings is 2. The van der Waals surface area contributed by atoms with Gasteiger partial charge in [0.05, 0.1) is 6.61 Å². The molecule has 1 amide bonds. The molecule has 0 bridgehead atoms. The predicted octanol–water partition coefficient (Wildman–Crippen LogP) is 5.15. The lowest BCUT2D eigenvalue weighted by molar-refractivity contribution is -0.112. The van der Waals surface area contributed by atoms with Crippen LogP contribution in [0.5, 0.6) is 11.5 Å². The van der Waals surface area contributed by atoms with E-state index in [4.69, 9.17) is 9.47 Å². The predicted molar refractivity (Wildman–Crippen MR) is 124 cm³/mol. The maximum Gasteiger partial charge on any atom is 0.268 e. The zero-order valence-corrected chi connectivity index (χ0v) is 19.1. The van der Waals surface area contributed by atoms with Crippen LogP contribution in [-0.4, -0.2) is 22.7 Å². The number of hydrogen-bond donors (Lipinski definition) is 1. The number of hydrogen-bond acceptors (Lipinski definition) is 7. The molecule has 0 unspecified atom stereocenters. The molecule has 3 aromatic rings. The van der Waals surface area contributed by atoms with E-state index in [2.05, 4.69) is 15.5 Å². The number of halogens is 1. The van der Waals surface area contributed by atoms with Crippen LogP contribution in [0.4, 0.5) is 9.52 Å². The number of aryl methyl sites for hydroxylation is 1. The molecule has 0 aliphatic carbocycles. The first kappa shape index (κ1) is 23.9. The van der Waals surface area contributed by atoms with E-state index in [0.717, 1.165) is 17.8 Å². The molecular formula is C24H23FN4O3S. The van der Waals surface area contributed by atoms with E-state index in [-0.39, 0.29) is 18.0 Å². The topological polar surface area (TPSA) is 97.1 Å². The number of carbonyl (C=O) groups excluding carboxylic acids is 1. The van der Waals surface area contributed by atoms with E-state index < -0.39 is 5.91 Å². The van der Waals surface area contributed by atoms with Gasteiger partial charge in [-0.2, -0.15) is 5.26 Å². The Labute approximate surface area is 195 Å². The fourth-order valence-corrected chi connectivity index (χ4v) is 3.71. The van der Waals surface area contributed by atoms with Crippen molar-refractivity contribution in [2.75, 3.05) is 11.9 Å². The molecule has 0 radical (unpaired) electrons. The molecule has 0 fully saturated rings. The number of carbonyl (C=O) groups is 1. The SMILES string of the molecule is CCCc1nnc(NC(=O)/C(C#N)=C\c2ccc(OCc3ccccc3F)c(OCC)c2)s1. The fourth-order valence-electron chi connectivity index (χ4n) is 2.87. The van der Waals surface area contributed by atoms with Crippen molar-refractivity contribution in [2.24, 2.45) is 0 Å². The van der Waals surface area contributed by atoms with Crippen LogP contribution in [0.1, 0.15) is 36.4 Å². The molecule has 7 nitrogen and oxygen atoms in total. The van der Waals surface area contributed by atoms with Gasteiger partial charge in [-0.15, -0.1) is 10.2 Å². The molecule has 3 rings (SSSR count). The molecule has 0 spiro atoms. The van der Waals surface area contributed by atoms with Crippen LogP contribution >= 0.6 is 11.3 Å². The Morgan fingerprint density at radius 1 is 1.18 bits per heavy atom. The Morgan fingerprint density at radius 2 is 2.00 bits per heavy atom. The number of nitriles is 1. The molecule has 0 saturated heterocycles. The van der Waals surface area contributed by atoms with Crippen LogP contribution in [-0.2, 0) is 17.8 Å². The molecular weight excluding hydrogens is 443 g/mol. The second-order valence-electron chi connectivity index (χ2n) is 6.89. The standard InChI is InChI=1S/C24H23FN4O3S/c1-3-7-22-28-29-24(33-22)27-23(30)18(14-26)12-16-10-11-20(21(13-16)31-4-2)32-15-17-8-5-6-9-19(17)25/h5-6,8-13H,3-4,7,15H2,1-2H3,(H,27,29,30)/b18-12-. The highest BCUT2D eigenvalue weighted by atomic mass is 32.1. The Morgan fingerprint density at radius 3 is 2.73 bits per heavy atom. The first-order chi connectivity index (χ1) is 16.0. The maximum atomic E-state index is 13.9. The van der Waals surface area contributed by atoms with Crippen LogP contribution in [0.2, 0.25) is 0 Å². The lowest BCUT2D eigenvalue weighted by atomic mass is 10.1. The first-order valence-corrected chi connectivity index (χ1v) is 11.2. The number of nitrogens with one attached hydrogen (secondary N) is 1. The summed E-state index contributed by atoms with van der Waals surface area (Å²) >= 11 is 1.28. The van der Waals surface area contributed by atoms with Gasteiger partial charge in [0.2, 0.25) is 5.13 Å². The minimum Gasteiger partial charge on any atom is -0.490 e. The highest BCUT2D eigenvalue weighted by molar-refractivity contribution is 7.15. The molecule has 0 aliphatic rings. The largest absolute Gasteiger partial charge is 0.490 e. The molecule has 1 N–H and O–H groups in total. The van der Waals surface area contributed by atoms with Crippen molar-refractivity contribution in [3.05, 3.63) is 70.0 Å². The van der Waals surface area contributed by atoms with Crippen LogP contribution in [0.15, 0.2) is 48.0 Å². The van der Waals surface area contributed by atoms with Gasteiger partial charge in [0, 0.05) is 12.0 Å². The average molecular weight is 467 g/mol. The van der Waals surface area contributed by atoms with Gasteiger partial charge in [-0.25, -0.2) is 4.39 Å². The van der Waals surface area contributed by atoms with E-state index in [9.17, 15) is 14.4 Å². The average Bonchev–Trinajstić information content (AvgIpc) is 3.25. The van der Waals surface area contributed by atoms with Gasteiger partial charge in [0.25, 0.3) is 5.91 Å². The number of anilines is 1. The number of amides is 1. The van der Waals surface area contributed by atoms with E-state index in [0.29, 0.717) is 34.4 Å². The Bertz CT molecular complexity index is 1190. The molecule has 170 valence electrons. The lowest BCUT2D eigenvalue weighted by Gasteiger charge is -2.13. The highest BCUT2D eigenvalue weighted by Gasteiger charge is 2.14. The van der Waals surface area contributed by atoms with Crippen molar-refractivity contribution in [3.63, 3.8) is 0 Å². The minimum atomic E-state index is -0.575. The normalized spacial score (nSPS) is 11.0. The lowest BCUT2D eigenvalue weighted by Crippen LogP contribution is -2.13. The third-order valence-corrected chi connectivity index (χ3v) is 5.33. The first-order valence-electron chi connectivity index (χ1n) is 10.4. The quantitative estimate of drug-likeness (QED) is 0.328. The molecule has 2 aromatic carbocycles. The number of rotatable bonds is 10. The van der Waals surface area contributed by atoms with Gasteiger partial charge in [0.1, 0.15) is 29.1 Å². The maximum absolute atomic E-state index is 13.9. The van der Waals surface area contributed by atoms with Crippen LogP contribution in [0.3, 0.4) is 0 Å². The van der Waals surface area contributed by atoms with E-state index >= 15 is 0 Å². The second-order valence-corrected chi connectivity index (χ2v) is 7.96. The highest BCUT2D eigenvalue weighted by Crippen LogP contribution is 2.30. The Kier molecular flexibility index (Phi) is 8.49. The smallest absolute Gasteiger partial charge is 0.268 e. The molecule has 0 aliphatic heterocycles. The van der Waals surface area contributed by atoms with Gasteiger partial charge in [-0.3, -0.25) is 10.1 Å². The molecule has 0 atom stereocenters. The summed E-state index contributed by atoms with van der Waals surface area (Å²) in [5.74, 6) is -0.0717. The summed E-state index contributed by atoms with van der Waals surface area (Å²) < 4.78 is 25.3. The van der Waals surface area contributed by atoms with Gasteiger partial charge in [-0.1, -0.05) is 42.5 Å². The summed E-state index contributed by atoms with van der Waals surface area (Å²) in [5, 5.41) is 21.2. The zero-order valence-electron chi connectivity index (χ0n) is 18.3. The molecule has 1 aromatic heterocycles. The van der Waals surface area contributed by atoms with Gasteiger partial charge in [-0.05, 0) is 43.2 Å². The molecule has 9 heteroatoms. The van der Waals surface area contributed by atoms with Crippen LogP contribution < -0.4 is 14.8 Å². The van der Waals surface area contributed by atoms with Crippen LogP contribution in [0, 0.1) is 17.1 Å². The number of ether oxygens (including phenoxy) is 2. The molecule has 0 saturated carbocycles. The van der Waals surface area contributed by atoms with Crippen molar-refractivity contribution in [1.29, 1.82) is 5.26 Å². The number of aromatic nitrogens is 2. The third-order valence-electron chi connectivity index (χ3n) is 4.44. The van der Waals surface area contributed by atoms with Crippen molar-refractivity contribution >= 4 is 28.5 Å². The van der Waals surface area contributed by atoms with Crippen molar-refractivity contribution in [2.45, 2.75) is 33.3 Å². The Hall–Kier alpha value is -3.77. The zero-order chi connectivity index (χ0) is 23.6. The second kappa shape index (κ2) is 11.7. The van der Waals surface area contributed by atoms with E-state index in [1.54, 1.807) is 36.4 Å². The van der Waals surface area contributed by atoms with Gasteiger partial charge < -0.3 is 9.47 Å². The van der Waals surface area contributed by atoms with Crippen molar-refractivity contribution < 1.29 is 18.7 Å². The minimum absolute atomic E-state index is 0.0374. The summed E-state index contributed by atoms with van der Waals surface area (Å²) in [6, 6.07) is 13.3. The fraction of sp³-hybridized carbons (Fsp3) is 0.250. The summed E-state index contributed by atoms with van der Waals surface area (Å²) in [6.45, 7) is 4.27. The molecule has 33 heavy (non-hydrogen) atoms. The van der Waals surface area contributed by atoms with E-state index in [1.807, 2.05) is 19.9 Å². The van der Waals surface area contributed by atoms with E-state index in [1.165, 1.54) is 23.5 Å². The monoisotopic (exact) mass is 466 g/mol. The third kappa shape index (κ3) is 6.60. The van der Waals surface area contributed by atoms with Crippen LogP contribution in [0.25, 0.3) is 6.08 Å².